The van der Waals surface area contributed by atoms with Crippen molar-refractivity contribution in [2.75, 3.05) is 14.2 Å². The van der Waals surface area contributed by atoms with Crippen LogP contribution in [0.1, 0.15) is 24.3 Å². The molecule has 0 aromatic heterocycles. The van der Waals surface area contributed by atoms with Crippen molar-refractivity contribution >= 4 is 17.7 Å². The summed E-state index contributed by atoms with van der Waals surface area (Å²) in [6, 6.07) is 9.44. The van der Waals surface area contributed by atoms with Crippen LogP contribution in [-0.4, -0.2) is 31.9 Å². The molecule has 0 N–H and O–H groups in total. The Morgan fingerprint density at radius 1 is 1.09 bits per heavy atom. The van der Waals surface area contributed by atoms with Gasteiger partial charge < -0.3 is 9.47 Å². The standard InChI is InChI=1S/C18H18O5/c1-22-16(20)18(17(21)23-2)9-12-8-14(19)15(13(12)10-18)11-6-4-3-5-7-11/h3-8,13,15H,9-10H2,1-2H3/t13-,15+/m1/s1. The van der Waals surface area contributed by atoms with Gasteiger partial charge in [0.15, 0.2) is 11.2 Å². The largest absolute Gasteiger partial charge is 0.468 e. The van der Waals surface area contributed by atoms with Gasteiger partial charge in [-0.25, -0.2) is 0 Å². The molecule has 1 fully saturated rings. The Hall–Kier alpha value is -2.43. The molecule has 2 aliphatic rings. The van der Waals surface area contributed by atoms with E-state index in [0.717, 1.165) is 11.1 Å². The molecule has 0 radical (unpaired) electrons. The summed E-state index contributed by atoms with van der Waals surface area (Å²) >= 11 is 0. The van der Waals surface area contributed by atoms with Crippen LogP contribution in [0, 0.1) is 11.3 Å². The molecule has 5 heteroatoms. The third kappa shape index (κ3) is 2.27. The zero-order chi connectivity index (χ0) is 16.6. The van der Waals surface area contributed by atoms with Gasteiger partial charge in [0.25, 0.3) is 0 Å². The van der Waals surface area contributed by atoms with E-state index in [2.05, 4.69) is 0 Å². The van der Waals surface area contributed by atoms with Crippen LogP contribution in [0.25, 0.3) is 0 Å². The third-order valence-corrected chi connectivity index (χ3v) is 4.90. The topological polar surface area (TPSA) is 69.7 Å². The first-order chi connectivity index (χ1) is 11.0. The maximum absolute atomic E-state index is 12.4. The first-order valence-electron chi connectivity index (χ1n) is 7.49. The molecule has 3 rings (SSSR count). The number of rotatable bonds is 3. The van der Waals surface area contributed by atoms with Crippen LogP contribution in [0.5, 0.6) is 0 Å². The van der Waals surface area contributed by atoms with Gasteiger partial charge in [-0.05, 0) is 30.4 Å². The van der Waals surface area contributed by atoms with Crippen molar-refractivity contribution in [1.29, 1.82) is 0 Å². The summed E-state index contributed by atoms with van der Waals surface area (Å²) in [5.74, 6) is -1.68. The van der Waals surface area contributed by atoms with E-state index in [0.29, 0.717) is 0 Å². The summed E-state index contributed by atoms with van der Waals surface area (Å²) in [6.45, 7) is 0. The number of esters is 2. The number of allylic oxidation sites excluding steroid dienone is 2. The highest BCUT2D eigenvalue weighted by molar-refractivity contribution is 6.04. The van der Waals surface area contributed by atoms with Crippen molar-refractivity contribution in [2.24, 2.45) is 11.3 Å². The SMILES string of the molecule is COC(=O)C1(C(=O)OC)CC2=CC(=O)[C@@H](c3ccccc3)[C@@H]2C1. The van der Waals surface area contributed by atoms with Crippen molar-refractivity contribution in [1.82, 2.24) is 0 Å². The molecule has 0 saturated heterocycles. The second kappa shape index (κ2) is 5.65. The maximum Gasteiger partial charge on any atom is 0.323 e. The molecule has 0 amide bonds. The van der Waals surface area contributed by atoms with E-state index in [1.165, 1.54) is 14.2 Å². The molecule has 120 valence electrons. The molecule has 23 heavy (non-hydrogen) atoms. The van der Waals surface area contributed by atoms with Crippen molar-refractivity contribution in [3.8, 4) is 0 Å². The smallest absolute Gasteiger partial charge is 0.323 e. The molecule has 0 unspecified atom stereocenters. The fourth-order valence-corrected chi connectivity index (χ4v) is 3.86. The van der Waals surface area contributed by atoms with Gasteiger partial charge in [-0.2, -0.15) is 0 Å². The first-order valence-corrected chi connectivity index (χ1v) is 7.49. The van der Waals surface area contributed by atoms with Crippen LogP contribution in [0.2, 0.25) is 0 Å². The molecule has 0 heterocycles. The van der Waals surface area contributed by atoms with Gasteiger partial charge in [-0.3, -0.25) is 14.4 Å². The van der Waals surface area contributed by atoms with Crippen molar-refractivity contribution in [3.63, 3.8) is 0 Å². The quantitative estimate of drug-likeness (QED) is 0.630. The summed E-state index contributed by atoms with van der Waals surface area (Å²) < 4.78 is 9.68. The van der Waals surface area contributed by atoms with E-state index in [-0.39, 0.29) is 30.5 Å². The second-order valence-corrected chi connectivity index (χ2v) is 6.06. The highest BCUT2D eigenvalue weighted by atomic mass is 16.5. The van der Waals surface area contributed by atoms with Crippen LogP contribution >= 0.6 is 0 Å². The van der Waals surface area contributed by atoms with Gasteiger partial charge in [-0.1, -0.05) is 35.9 Å². The second-order valence-electron chi connectivity index (χ2n) is 6.06. The van der Waals surface area contributed by atoms with Crippen LogP contribution < -0.4 is 0 Å². The van der Waals surface area contributed by atoms with Crippen molar-refractivity contribution < 1.29 is 23.9 Å². The Kier molecular flexibility index (Phi) is 3.80. The minimum absolute atomic E-state index is 0.0273. The number of hydrogen-bond acceptors (Lipinski definition) is 5. The number of carbonyl (C=O) groups excluding carboxylic acids is 3. The van der Waals surface area contributed by atoms with Gasteiger partial charge >= 0.3 is 11.9 Å². The van der Waals surface area contributed by atoms with Gasteiger partial charge in [0.2, 0.25) is 0 Å². The summed E-state index contributed by atoms with van der Waals surface area (Å²) in [4.78, 5) is 36.9. The highest BCUT2D eigenvalue weighted by Gasteiger charge is 2.59. The fraction of sp³-hybridized carbons (Fsp3) is 0.389. The molecule has 5 nitrogen and oxygen atoms in total. The van der Waals surface area contributed by atoms with E-state index in [1.54, 1.807) is 6.08 Å². The van der Waals surface area contributed by atoms with E-state index >= 15 is 0 Å². The van der Waals surface area contributed by atoms with Gasteiger partial charge in [-0.15, -0.1) is 0 Å². The normalized spacial score (nSPS) is 24.8. The molecule has 2 atom stereocenters. The molecular weight excluding hydrogens is 296 g/mol. The number of ether oxygens (including phenoxy) is 2. The minimum Gasteiger partial charge on any atom is -0.468 e. The lowest BCUT2D eigenvalue weighted by atomic mass is 9.80. The number of benzene rings is 1. The van der Waals surface area contributed by atoms with Crippen LogP contribution in [-0.2, 0) is 23.9 Å². The average Bonchev–Trinajstić information content (AvgIpc) is 3.08. The predicted molar refractivity (Wildman–Crippen MR) is 81.5 cm³/mol. The van der Waals surface area contributed by atoms with Crippen LogP contribution in [0.4, 0.5) is 0 Å². The van der Waals surface area contributed by atoms with Gasteiger partial charge in [0.05, 0.1) is 20.1 Å². The zero-order valence-corrected chi connectivity index (χ0v) is 13.1. The summed E-state index contributed by atoms with van der Waals surface area (Å²) in [5, 5.41) is 0. The molecule has 0 bridgehead atoms. The Morgan fingerprint density at radius 2 is 1.70 bits per heavy atom. The fourth-order valence-electron chi connectivity index (χ4n) is 3.86. The molecule has 0 aliphatic heterocycles. The Labute approximate surface area is 134 Å². The summed E-state index contributed by atoms with van der Waals surface area (Å²) in [5.41, 5.74) is 0.396. The van der Waals surface area contributed by atoms with Crippen LogP contribution in [0.15, 0.2) is 42.0 Å². The lowest BCUT2D eigenvalue weighted by Crippen LogP contribution is -2.39. The van der Waals surface area contributed by atoms with Crippen molar-refractivity contribution in [2.45, 2.75) is 18.8 Å². The monoisotopic (exact) mass is 314 g/mol. The molecule has 2 aliphatic carbocycles. The number of carbonyl (C=O) groups is 3. The number of hydrogen-bond donors (Lipinski definition) is 0. The molecule has 1 saturated carbocycles. The number of ketones is 1. The number of fused-ring (bicyclic) bond motifs is 1. The maximum atomic E-state index is 12.4. The van der Waals surface area contributed by atoms with E-state index in [4.69, 9.17) is 9.47 Å². The Balaban J connectivity index is 1.99. The Morgan fingerprint density at radius 3 is 2.26 bits per heavy atom. The minimum atomic E-state index is -1.34. The highest BCUT2D eigenvalue weighted by Crippen LogP contribution is 2.55. The lowest BCUT2D eigenvalue weighted by molar-refractivity contribution is -0.169. The third-order valence-electron chi connectivity index (χ3n) is 4.90. The summed E-state index contributed by atoms with van der Waals surface area (Å²) in [7, 11) is 2.52. The molecule has 0 spiro atoms. The van der Waals surface area contributed by atoms with Gasteiger partial charge in [0.1, 0.15) is 0 Å². The van der Waals surface area contributed by atoms with Crippen LogP contribution in [0.3, 0.4) is 0 Å². The molecule has 1 aromatic rings. The Bertz CT molecular complexity index is 673. The first kappa shape index (κ1) is 15.5. The van der Waals surface area contributed by atoms with E-state index in [1.807, 2.05) is 30.3 Å². The predicted octanol–water partition coefficient (Wildman–Crippen LogP) is 2.02. The zero-order valence-electron chi connectivity index (χ0n) is 13.1. The molecule has 1 aromatic carbocycles. The summed E-state index contributed by atoms with van der Waals surface area (Å²) in [6.07, 6.45) is 2.01. The van der Waals surface area contributed by atoms with Gasteiger partial charge in [0, 0.05) is 0 Å². The number of methoxy groups -OCH3 is 2. The lowest BCUT2D eigenvalue weighted by Gasteiger charge is -2.24. The van der Waals surface area contributed by atoms with E-state index < -0.39 is 17.4 Å². The van der Waals surface area contributed by atoms with Crippen molar-refractivity contribution in [3.05, 3.63) is 47.5 Å². The average molecular weight is 314 g/mol. The molecular formula is C18H18O5. The van der Waals surface area contributed by atoms with E-state index in [9.17, 15) is 14.4 Å².